The molecule has 0 aliphatic carbocycles. The predicted molar refractivity (Wildman–Crippen MR) is 101 cm³/mol. The number of fused-ring (bicyclic) bond motifs is 1. The number of hydrogen-bond donors (Lipinski definition) is 2. The van der Waals surface area contributed by atoms with E-state index in [4.69, 9.17) is 4.42 Å². The van der Waals surface area contributed by atoms with Crippen LogP contribution in [-0.4, -0.2) is 31.6 Å². The molecule has 0 bridgehead atoms. The van der Waals surface area contributed by atoms with Crippen LogP contribution in [0.25, 0.3) is 0 Å². The van der Waals surface area contributed by atoms with Gasteiger partial charge in [0.2, 0.25) is 0 Å². The van der Waals surface area contributed by atoms with E-state index in [9.17, 15) is 18.0 Å². The van der Waals surface area contributed by atoms with E-state index in [1.165, 1.54) is 12.3 Å². The summed E-state index contributed by atoms with van der Waals surface area (Å²) in [7, 11) is 1.80. The maximum atomic E-state index is 13.7. The Balaban J connectivity index is 1.57. The van der Waals surface area contributed by atoms with Gasteiger partial charge in [-0.25, -0.2) is 4.68 Å². The lowest BCUT2D eigenvalue weighted by Crippen LogP contribution is -2.35. The molecule has 0 aromatic carbocycles. The largest absolute Gasteiger partial charge is 0.467 e. The molecule has 160 valence electrons. The van der Waals surface area contributed by atoms with E-state index in [1.54, 1.807) is 23.9 Å². The van der Waals surface area contributed by atoms with E-state index in [0.717, 1.165) is 21.6 Å². The molecule has 3 aromatic rings. The Morgan fingerprint density at radius 2 is 2.13 bits per heavy atom. The number of rotatable bonds is 4. The third-order valence-electron chi connectivity index (χ3n) is 5.39. The molecule has 1 aliphatic heterocycles. The van der Waals surface area contributed by atoms with Crippen LogP contribution in [0.15, 0.2) is 28.9 Å². The second-order valence-electron chi connectivity index (χ2n) is 7.32. The number of anilines is 1. The number of aryl methyl sites for hydroxylation is 2. The van der Waals surface area contributed by atoms with Crippen molar-refractivity contribution in [3.8, 4) is 0 Å². The van der Waals surface area contributed by atoms with Crippen LogP contribution in [0.4, 0.5) is 19.0 Å². The van der Waals surface area contributed by atoms with Crippen molar-refractivity contribution in [2.24, 2.45) is 7.05 Å². The summed E-state index contributed by atoms with van der Waals surface area (Å²) in [6, 6.07) is 2.02. The minimum atomic E-state index is -4.52. The standard InChI is InChI=1S/C19H21F3N6O2/c1-10-12(11(2)27(3)25-10)9-23-18(29)14-8-17-24-13(15-5-4-6-30-15)7-16(19(20,21)22)28(17)26-14/h4-6,8,13,16,24H,7,9H2,1-3H3,(H,23,29)/t13-,16+/m0/s1. The number of amides is 1. The van der Waals surface area contributed by atoms with Crippen molar-refractivity contribution in [1.82, 2.24) is 24.9 Å². The van der Waals surface area contributed by atoms with Crippen LogP contribution in [0, 0.1) is 13.8 Å². The van der Waals surface area contributed by atoms with Gasteiger partial charge >= 0.3 is 6.18 Å². The number of furan rings is 1. The van der Waals surface area contributed by atoms with E-state index < -0.39 is 24.2 Å². The monoisotopic (exact) mass is 422 g/mol. The zero-order valence-electron chi connectivity index (χ0n) is 16.6. The van der Waals surface area contributed by atoms with Crippen molar-refractivity contribution in [2.45, 2.75) is 45.1 Å². The van der Waals surface area contributed by atoms with Gasteiger partial charge in [0.05, 0.1) is 18.0 Å². The number of nitrogens with one attached hydrogen (secondary N) is 2. The van der Waals surface area contributed by atoms with Crippen LogP contribution < -0.4 is 10.6 Å². The average Bonchev–Trinajstić information content (AvgIpc) is 3.39. The lowest BCUT2D eigenvalue weighted by Gasteiger charge is -2.32. The fourth-order valence-electron chi connectivity index (χ4n) is 3.69. The topological polar surface area (TPSA) is 89.9 Å². The minimum absolute atomic E-state index is 0.0916. The molecule has 4 heterocycles. The highest BCUT2D eigenvalue weighted by Gasteiger charge is 2.47. The number of halogens is 3. The lowest BCUT2D eigenvalue weighted by molar-refractivity contribution is -0.174. The summed E-state index contributed by atoms with van der Waals surface area (Å²) in [5.41, 5.74) is 2.45. The van der Waals surface area contributed by atoms with E-state index >= 15 is 0 Å². The van der Waals surface area contributed by atoms with Crippen molar-refractivity contribution in [3.05, 3.63) is 52.9 Å². The van der Waals surface area contributed by atoms with Crippen LogP contribution in [-0.2, 0) is 13.6 Å². The van der Waals surface area contributed by atoms with E-state index in [0.29, 0.717) is 5.76 Å². The summed E-state index contributed by atoms with van der Waals surface area (Å²) < 4.78 is 48.8. The number of carbonyl (C=O) groups is 1. The number of carbonyl (C=O) groups excluding carboxylic acids is 1. The fourth-order valence-corrected chi connectivity index (χ4v) is 3.69. The van der Waals surface area contributed by atoms with Crippen LogP contribution in [0.3, 0.4) is 0 Å². The van der Waals surface area contributed by atoms with Gasteiger partial charge in [-0.05, 0) is 26.0 Å². The molecule has 0 unspecified atom stereocenters. The molecule has 30 heavy (non-hydrogen) atoms. The summed E-state index contributed by atoms with van der Waals surface area (Å²) >= 11 is 0. The van der Waals surface area contributed by atoms with Crippen LogP contribution in [0.1, 0.15) is 51.7 Å². The molecule has 0 fully saturated rings. The second-order valence-corrected chi connectivity index (χ2v) is 7.32. The highest BCUT2D eigenvalue weighted by molar-refractivity contribution is 5.93. The molecule has 0 saturated heterocycles. The molecule has 1 aliphatic rings. The van der Waals surface area contributed by atoms with Gasteiger partial charge < -0.3 is 15.1 Å². The van der Waals surface area contributed by atoms with Gasteiger partial charge in [-0.1, -0.05) is 0 Å². The maximum Gasteiger partial charge on any atom is 0.410 e. The number of nitrogens with zero attached hydrogens (tertiary/aromatic N) is 4. The number of hydrogen-bond acceptors (Lipinski definition) is 5. The quantitative estimate of drug-likeness (QED) is 0.673. The Morgan fingerprint density at radius 3 is 2.73 bits per heavy atom. The molecule has 0 spiro atoms. The molecule has 1 amide bonds. The SMILES string of the molecule is Cc1nn(C)c(C)c1CNC(=O)c1cc2n(n1)[C@@H](C(F)(F)F)C[C@@H](c1ccco1)N2. The van der Waals surface area contributed by atoms with Crippen molar-refractivity contribution >= 4 is 11.7 Å². The summed E-state index contributed by atoms with van der Waals surface area (Å²) in [5.74, 6) is -0.0501. The molecule has 0 saturated carbocycles. The van der Waals surface area contributed by atoms with Crippen molar-refractivity contribution in [3.63, 3.8) is 0 Å². The van der Waals surface area contributed by atoms with Crippen LogP contribution in [0.5, 0.6) is 0 Å². The van der Waals surface area contributed by atoms with Crippen molar-refractivity contribution < 1.29 is 22.4 Å². The molecule has 0 radical (unpaired) electrons. The summed E-state index contributed by atoms with van der Waals surface area (Å²) in [5, 5.41) is 13.9. The number of aromatic nitrogens is 4. The van der Waals surface area contributed by atoms with Gasteiger partial charge in [-0.2, -0.15) is 23.4 Å². The first-order valence-electron chi connectivity index (χ1n) is 9.38. The molecular weight excluding hydrogens is 401 g/mol. The average molecular weight is 422 g/mol. The zero-order chi connectivity index (χ0) is 21.6. The normalized spacial score (nSPS) is 18.7. The Bertz CT molecular complexity index is 1070. The maximum absolute atomic E-state index is 13.7. The Labute approximate surface area is 170 Å². The smallest absolute Gasteiger partial charge is 0.410 e. The van der Waals surface area contributed by atoms with Gasteiger partial charge in [0.15, 0.2) is 11.7 Å². The lowest BCUT2D eigenvalue weighted by atomic mass is 10.0. The molecule has 2 atom stereocenters. The molecular formula is C19H21F3N6O2. The third-order valence-corrected chi connectivity index (χ3v) is 5.39. The first-order valence-corrected chi connectivity index (χ1v) is 9.38. The summed E-state index contributed by atoms with van der Waals surface area (Å²) in [4.78, 5) is 12.6. The van der Waals surface area contributed by atoms with E-state index in [-0.39, 0.29) is 24.5 Å². The van der Waals surface area contributed by atoms with Gasteiger partial charge in [0, 0.05) is 37.3 Å². The van der Waals surface area contributed by atoms with Gasteiger partial charge in [0.25, 0.3) is 5.91 Å². The second kappa shape index (κ2) is 7.22. The Hall–Kier alpha value is -3.24. The fraction of sp³-hybridized carbons (Fsp3) is 0.421. The highest BCUT2D eigenvalue weighted by Crippen LogP contribution is 2.43. The first-order chi connectivity index (χ1) is 14.1. The zero-order valence-corrected chi connectivity index (χ0v) is 16.6. The third kappa shape index (κ3) is 3.55. The Kier molecular flexibility index (Phi) is 4.83. The molecule has 3 aromatic heterocycles. The van der Waals surface area contributed by atoms with Crippen molar-refractivity contribution in [2.75, 3.05) is 5.32 Å². The Morgan fingerprint density at radius 1 is 1.37 bits per heavy atom. The molecule has 4 rings (SSSR count). The first kappa shape index (κ1) is 20.0. The minimum Gasteiger partial charge on any atom is -0.467 e. The summed E-state index contributed by atoms with van der Waals surface area (Å²) in [6.07, 6.45) is -3.40. The van der Waals surface area contributed by atoms with Gasteiger partial charge in [0.1, 0.15) is 11.6 Å². The van der Waals surface area contributed by atoms with Gasteiger partial charge in [-0.15, -0.1) is 0 Å². The van der Waals surface area contributed by atoms with Gasteiger partial charge in [-0.3, -0.25) is 9.48 Å². The number of alkyl halides is 3. The summed E-state index contributed by atoms with van der Waals surface area (Å²) in [6.45, 7) is 3.91. The highest BCUT2D eigenvalue weighted by atomic mass is 19.4. The predicted octanol–water partition coefficient (Wildman–Crippen LogP) is 3.42. The van der Waals surface area contributed by atoms with E-state index in [1.807, 2.05) is 13.8 Å². The molecule has 2 N–H and O–H groups in total. The van der Waals surface area contributed by atoms with Crippen molar-refractivity contribution in [1.29, 1.82) is 0 Å². The van der Waals surface area contributed by atoms with Crippen LogP contribution in [0.2, 0.25) is 0 Å². The van der Waals surface area contributed by atoms with E-state index in [2.05, 4.69) is 20.8 Å². The molecule has 11 heteroatoms. The molecule has 8 nitrogen and oxygen atoms in total. The van der Waals surface area contributed by atoms with Crippen LogP contribution >= 0.6 is 0 Å².